The van der Waals surface area contributed by atoms with Gasteiger partial charge in [-0.1, -0.05) is 6.07 Å². The summed E-state index contributed by atoms with van der Waals surface area (Å²) in [6.07, 6.45) is 1.03. The fourth-order valence-corrected chi connectivity index (χ4v) is 5.97. The van der Waals surface area contributed by atoms with E-state index in [2.05, 4.69) is 43.3 Å². The van der Waals surface area contributed by atoms with E-state index in [-0.39, 0.29) is 18.2 Å². The van der Waals surface area contributed by atoms with Gasteiger partial charge in [0.05, 0.1) is 29.3 Å². The number of aromatic nitrogens is 2. The molecule has 0 spiro atoms. The fourth-order valence-electron chi connectivity index (χ4n) is 5.97. The van der Waals surface area contributed by atoms with Crippen LogP contribution in [0.25, 0.3) is 10.9 Å². The van der Waals surface area contributed by atoms with E-state index in [0.29, 0.717) is 18.7 Å². The van der Waals surface area contributed by atoms with Gasteiger partial charge in [-0.3, -0.25) is 9.88 Å². The molecular formula is C29H35FN8O. The van der Waals surface area contributed by atoms with Crippen molar-refractivity contribution in [2.45, 2.75) is 31.3 Å². The Hall–Kier alpha value is -3.52. The summed E-state index contributed by atoms with van der Waals surface area (Å²) in [7, 11) is 0. The molecule has 3 saturated heterocycles. The molecule has 2 N–H and O–H groups in total. The average molecular weight is 531 g/mol. The zero-order valence-electron chi connectivity index (χ0n) is 22.3. The molecule has 0 radical (unpaired) electrons. The third-order valence-corrected chi connectivity index (χ3v) is 7.90. The lowest BCUT2D eigenvalue weighted by molar-refractivity contribution is -0.0327. The lowest BCUT2D eigenvalue weighted by Crippen LogP contribution is -2.54. The van der Waals surface area contributed by atoms with Crippen LogP contribution in [-0.2, 0) is 4.74 Å². The second-order valence-corrected chi connectivity index (χ2v) is 10.7. The average Bonchev–Trinajstić information content (AvgIpc) is 3.36. The number of nitrogens with zero attached hydrogens (tertiary/aromatic N) is 6. The topological polar surface area (TPSA) is 92.6 Å². The lowest BCUT2D eigenvalue weighted by atomic mass is 10.1. The highest BCUT2D eigenvalue weighted by molar-refractivity contribution is 5.95. The first-order valence-electron chi connectivity index (χ1n) is 13.8. The molecule has 10 heteroatoms. The van der Waals surface area contributed by atoms with Crippen molar-refractivity contribution in [1.29, 1.82) is 5.26 Å². The zero-order valence-corrected chi connectivity index (χ0v) is 22.3. The first-order chi connectivity index (χ1) is 19.1. The molecule has 3 aliphatic rings. The Balaban J connectivity index is 1.07. The Labute approximate surface area is 228 Å². The highest BCUT2D eigenvalue weighted by Gasteiger charge is 2.30. The molecule has 0 amide bonds. The van der Waals surface area contributed by atoms with Crippen LogP contribution in [0, 0.1) is 11.3 Å². The first kappa shape index (κ1) is 25.7. The number of hydrogen-bond acceptors (Lipinski definition) is 9. The summed E-state index contributed by atoms with van der Waals surface area (Å²) >= 11 is 0. The van der Waals surface area contributed by atoms with E-state index in [4.69, 9.17) is 9.72 Å². The van der Waals surface area contributed by atoms with E-state index < -0.39 is 6.17 Å². The van der Waals surface area contributed by atoms with Crippen molar-refractivity contribution >= 4 is 28.2 Å². The Morgan fingerprint density at radius 3 is 2.74 bits per heavy atom. The van der Waals surface area contributed by atoms with Crippen LogP contribution < -0.4 is 20.4 Å². The predicted octanol–water partition coefficient (Wildman–Crippen LogP) is 2.64. The Morgan fingerprint density at radius 2 is 1.95 bits per heavy atom. The van der Waals surface area contributed by atoms with Crippen LogP contribution in [0.15, 0.2) is 48.7 Å². The highest BCUT2D eigenvalue weighted by atomic mass is 19.1. The van der Waals surface area contributed by atoms with E-state index in [1.807, 2.05) is 42.5 Å². The van der Waals surface area contributed by atoms with Gasteiger partial charge in [-0.15, -0.1) is 0 Å². The summed E-state index contributed by atoms with van der Waals surface area (Å²) < 4.78 is 20.4. The van der Waals surface area contributed by atoms with Gasteiger partial charge in [-0.05, 0) is 43.3 Å². The molecule has 0 saturated carbocycles. The Bertz CT molecular complexity index is 1340. The minimum absolute atomic E-state index is 0.0852. The molecule has 3 fully saturated rings. The van der Waals surface area contributed by atoms with Crippen LogP contribution in [0.4, 0.5) is 21.7 Å². The normalized spacial score (nSPS) is 26.1. The van der Waals surface area contributed by atoms with Crippen molar-refractivity contribution in [3.63, 3.8) is 0 Å². The number of ether oxygens (including phenoxy) is 1. The summed E-state index contributed by atoms with van der Waals surface area (Å²) in [5.41, 5.74) is 2.46. The van der Waals surface area contributed by atoms with Gasteiger partial charge in [0.2, 0.25) is 0 Å². The minimum Gasteiger partial charge on any atom is -0.370 e. The lowest BCUT2D eigenvalue weighted by Gasteiger charge is -2.42. The molecule has 3 aromatic rings. The van der Waals surface area contributed by atoms with Crippen molar-refractivity contribution in [3.05, 3.63) is 54.2 Å². The molecular weight excluding hydrogens is 495 g/mol. The molecule has 9 nitrogen and oxygen atoms in total. The van der Waals surface area contributed by atoms with Crippen molar-refractivity contribution in [2.75, 3.05) is 74.0 Å². The van der Waals surface area contributed by atoms with Crippen molar-refractivity contribution in [1.82, 2.24) is 20.2 Å². The van der Waals surface area contributed by atoms with Crippen LogP contribution in [0.1, 0.15) is 12.5 Å². The molecule has 6 rings (SSSR count). The van der Waals surface area contributed by atoms with Crippen molar-refractivity contribution < 1.29 is 9.13 Å². The smallest absolute Gasteiger partial charge is 0.134 e. The van der Waals surface area contributed by atoms with E-state index >= 15 is 0 Å². The van der Waals surface area contributed by atoms with Gasteiger partial charge < -0.3 is 25.2 Å². The maximum atomic E-state index is 14.0. The second-order valence-electron chi connectivity index (χ2n) is 10.7. The predicted molar refractivity (Wildman–Crippen MR) is 151 cm³/mol. The highest BCUT2D eigenvalue weighted by Crippen LogP contribution is 2.30. The molecule has 3 aliphatic heterocycles. The largest absolute Gasteiger partial charge is 0.370 e. The molecule has 2 aromatic heterocycles. The van der Waals surface area contributed by atoms with Crippen molar-refractivity contribution in [2.24, 2.45) is 0 Å². The quantitative estimate of drug-likeness (QED) is 0.499. The molecule has 0 unspecified atom stereocenters. The molecule has 204 valence electrons. The number of piperazine rings is 1. The van der Waals surface area contributed by atoms with Gasteiger partial charge in [-0.2, -0.15) is 5.26 Å². The standard InChI is InChI=1S/C29H35FN8O/c1-20-17-38(26-8-7-21(14-31)29-23(26)4-3-9-33-29)19-22(39-20)18-36-10-12-37(13-11-36)28-6-2-5-27(35-28)34-25-16-32-15-24(25)30/h2-9,20,22,24-25,32H,10-13,15-19H2,1H3,(H,34,35)/t20-,22+,24-,25+/m1/s1. The third kappa shape index (κ3) is 5.62. The number of alkyl halides is 1. The second kappa shape index (κ2) is 11.3. The number of fused-ring (bicyclic) bond motifs is 1. The van der Waals surface area contributed by atoms with Crippen LogP contribution in [0.2, 0.25) is 0 Å². The summed E-state index contributed by atoms with van der Waals surface area (Å²) in [5, 5.41) is 16.8. The number of nitrogens with one attached hydrogen (secondary N) is 2. The van der Waals surface area contributed by atoms with E-state index in [1.165, 1.54) is 0 Å². The number of nitriles is 1. The Kier molecular flexibility index (Phi) is 7.46. The van der Waals surface area contributed by atoms with Crippen LogP contribution in [0.3, 0.4) is 0 Å². The van der Waals surface area contributed by atoms with Gasteiger partial charge in [-0.25, -0.2) is 9.37 Å². The number of hydrogen-bond donors (Lipinski definition) is 2. The van der Waals surface area contributed by atoms with Gasteiger partial charge >= 0.3 is 0 Å². The maximum Gasteiger partial charge on any atom is 0.134 e. The van der Waals surface area contributed by atoms with E-state index in [9.17, 15) is 9.65 Å². The number of benzene rings is 1. The number of anilines is 3. The summed E-state index contributed by atoms with van der Waals surface area (Å²) in [6.45, 7) is 9.20. The van der Waals surface area contributed by atoms with Gasteiger partial charge in [0, 0.05) is 76.2 Å². The molecule has 39 heavy (non-hydrogen) atoms. The molecule has 5 heterocycles. The van der Waals surface area contributed by atoms with Gasteiger partial charge in [0.25, 0.3) is 0 Å². The van der Waals surface area contributed by atoms with Crippen LogP contribution in [-0.4, -0.2) is 98.2 Å². The van der Waals surface area contributed by atoms with E-state index in [0.717, 1.165) is 74.0 Å². The number of rotatable bonds is 6. The number of halogens is 1. The monoisotopic (exact) mass is 530 g/mol. The summed E-state index contributed by atoms with van der Waals surface area (Å²) in [4.78, 5) is 16.4. The number of morpholine rings is 1. The van der Waals surface area contributed by atoms with Crippen LogP contribution >= 0.6 is 0 Å². The SMILES string of the molecule is C[C@@H]1CN(c2ccc(C#N)c3ncccc23)C[C@H](CN2CCN(c3cccc(N[C@H]4CNC[C@H]4F)n3)CC2)O1. The summed E-state index contributed by atoms with van der Waals surface area (Å²) in [5.74, 6) is 1.65. The number of pyridine rings is 2. The maximum absolute atomic E-state index is 14.0. The Morgan fingerprint density at radius 1 is 1.08 bits per heavy atom. The van der Waals surface area contributed by atoms with Gasteiger partial charge in [0.1, 0.15) is 23.9 Å². The third-order valence-electron chi connectivity index (χ3n) is 7.90. The molecule has 0 aliphatic carbocycles. The van der Waals surface area contributed by atoms with Crippen LogP contribution in [0.5, 0.6) is 0 Å². The van der Waals surface area contributed by atoms with E-state index in [1.54, 1.807) is 6.20 Å². The molecule has 0 bridgehead atoms. The zero-order chi connectivity index (χ0) is 26.8. The fraction of sp³-hybridized carbons (Fsp3) is 0.483. The molecule has 1 aromatic carbocycles. The molecule has 4 atom stereocenters. The first-order valence-corrected chi connectivity index (χ1v) is 13.8. The summed E-state index contributed by atoms with van der Waals surface area (Å²) in [6, 6.07) is 15.8. The minimum atomic E-state index is -0.896. The van der Waals surface area contributed by atoms with Crippen molar-refractivity contribution in [3.8, 4) is 6.07 Å². The van der Waals surface area contributed by atoms with Gasteiger partial charge in [0.15, 0.2) is 0 Å².